The second kappa shape index (κ2) is 7.95. The van der Waals surface area contributed by atoms with E-state index in [-0.39, 0.29) is 0 Å². The zero-order valence-electron chi connectivity index (χ0n) is 16.7. The van der Waals surface area contributed by atoms with Crippen molar-refractivity contribution in [2.24, 2.45) is 0 Å². The van der Waals surface area contributed by atoms with Crippen LogP contribution in [0.3, 0.4) is 0 Å². The van der Waals surface area contributed by atoms with E-state index >= 15 is 0 Å². The fraction of sp³-hybridized carbons (Fsp3) is 0.261. The van der Waals surface area contributed by atoms with Gasteiger partial charge in [0.15, 0.2) is 5.82 Å². The molecule has 0 fully saturated rings. The highest BCUT2D eigenvalue weighted by molar-refractivity contribution is 6.30. The van der Waals surface area contributed by atoms with E-state index in [0.29, 0.717) is 18.8 Å². The second-order valence-corrected chi connectivity index (χ2v) is 7.80. The fourth-order valence-corrected chi connectivity index (χ4v) is 3.97. The van der Waals surface area contributed by atoms with Crippen LogP contribution in [0.15, 0.2) is 48.5 Å². The van der Waals surface area contributed by atoms with Crippen LogP contribution in [0.4, 0.5) is 11.5 Å². The van der Waals surface area contributed by atoms with Crippen molar-refractivity contribution < 1.29 is 4.74 Å². The lowest BCUT2D eigenvalue weighted by Gasteiger charge is -2.13. The van der Waals surface area contributed by atoms with Gasteiger partial charge in [-0.25, -0.2) is 4.98 Å². The number of aryl methyl sites for hydroxylation is 1. The number of nitrogens with one attached hydrogen (secondary N) is 1. The molecule has 6 nitrogen and oxygen atoms in total. The molecule has 0 aliphatic heterocycles. The van der Waals surface area contributed by atoms with Gasteiger partial charge >= 0.3 is 0 Å². The van der Waals surface area contributed by atoms with Gasteiger partial charge in [0, 0.05) is 22.7 Å². The van der Waals surface area contributed by atoms with Crippen LogP contribution in [0.2, 0.25) is 5.02 Å². The smallest absolute Gasteiger partial charge is 0.254 e. The predicted octanol–water partition coefficient (Wildman–Crippen LogP) is 5.00. The molecule has 2 heterocycles. The summed E-state index contributed by atoms with van der Waals surface area (Å²) in [4.78, 5) is 9.48. The Balaban J connectivity index is 1.51. The summed E-state index contributed by atoms with van der Waals surface area (Å²) < 4.78 is 7.39. The molecular weight excluding hydrogens is 398 g/mol. The maximum atomic E-state index is 6.00. The number of halogens is 1. The maximum absolute atomic E-state index is 6.00. The Morgan fingerprint density at radius 2 is 1.83 bits per heavy atom. The van der Waals surface area contributed by atoms with Gasteiger partial charge < -0.3 is 10.1 Å². The Morgan fingerprint density at radius 3 is 2.60 bits per heavy atom. The highest BCUT2D eigenvalue weighted by Crippen LogP contribution is 2.31. The van der Waals surface area contributed by atoms with Crippen molar-refractivity contribution in [3.63, 3.8) is 0 Å². The molecular formula is C23H22ClN5O. The Labute approximate surface area is 179 Å². The van der Waals surface area contributed by atoms with Gasteiger partial charge in [0.1, 0.15) is 11.6 Å². The van der Waals surface area contributed by atoms with Gasteiger partial charge in [-0.05, 0) is 68.1 Å². The number of fused-ring (bicyclic) bond motifs is 2. The van der Waals surface area contributed by atoms with Crippen LogP contribution in [-0.4, -0.2) is 26.2 Å². The number of nitrogens with zero attached hydrogens (tertiary/aromatic N) is 4. The van der Waals surface area contributed by atoms with Crippen LogP contribution in [0.25, 0.3) is 5.78 Å². The van der Waals surface area contributed by atoms with Gasteiger partial charge in [-0.3, -0.25) is 0 Å². The third kappa shape index (κ3) is 3.71. The second-order valence-electron chi connectivity index (χ2n) is 7.36. The molecule has 7 heteroatoms. The van der Waals surface area contributed by atoms with Crippen molar-refractivity contribution >= 4 is 28.9 Å². The molecule has 30 heavy (non-hydrogen) atoms. The predicted molar refractivity (Wildman–Crippen MR) is 118 cm³/mol. The van der Waals surface area contributed by atoms with Gasteiger partial charge in [-0.2, -0.15) is 9.50 Å². The van der Waals surface area contributed by atoms with Crippen LogP contribution in [-0.2, 0) is 19.3 Å². The van der Waals surface area contributed by atoms with Gasteiger partial charge in [-0.1, -0.05) is 23.7 Å². The van der Waals surface area contributed by atoms with Crippen molar-refractivity contribution in [1.29, 1.82) is 0 Å². The van der Waals surface area contributed by atoms with Crippen molar-refractivity contribution in [1.82, 2.24) is 19.6 Å². The van der Waals surface area contributed by atoms with E-state index < -0.39 is 0 Å². The molecule has 0 amide bonds. The number of anilines is 2. The molecule has 0 atom stereocenters. The largest absolute Gasteiger partial charge is 0.494 e. The minimum absolute atomic E-state index is 0.632. The summed E-state index contributed by atoms with van der Waals surface area (Å²) in [7, 11) is 0. The lowest BCUT2D eigenvalue weighted by atomic mass is 10.1. The first-order valence-electron chi connectivity index (χ1n) is 10.2. The highest BCUT2D eigenvalue weighted by atomic mass is 35.5. The van der Waals surface area contributed by atoms with Gasteiger partial charge in [0.2, 0.25) is 0 Å². The van der Waals surface area contributed by atoms with E-state index in [0.717, 1.165) is 58.6 Å². The van der Waals surface area contributed by atoms with E-state index in [1.165, 1.54) is 5.56 Å². The van der Waals surface area contributed by atoms with Crippen LogP contribution in [0, 0.1) is 0 Å². The lowest BCUT2D eigenvalue weighted by molar-refractivity contribution is 0.340. The van der Waals surface area contributed by atoms with Crippen molar-refractivity contribution in [3.8, 4) is 5.75 Å². The van der Waals surface area contributed by atoms with E-state index in [1.807, 2.05) is 60.0 Å². The highest BCUT2D eigenvalue weighted by Gasteiger charge is 2.22. The molecule has 0 saturated carbocycles. The lowest BCUT2D eigenvalue weighted by Crippen LogP contribution is -2.07. The average Bonchev–Trinajstić information content (AvgIpc) is 3.37. The van der Waals surface area contributed by atoms with Crippen molar-refractivity contribution in [2.75, 3.05) is 11.9 Å². The normalized spacial score (nSPS) is 12.9. The Bertz CT molecular complexity index is 1190. The quantitative estimate of drug-likeness (QED) is 0.476. The topological polar surface area (TPSA) is 64.3 Å². The van der Waals surface area contributed by atoms with Crippen LogP contribution < -0.4 is 10.1 Å². The minimum atomic E-state index is 0.632. The molecule has 1 aliphatic rings. The molecule has 1 aliphatic carbocycles. The van der Waals surface area contributed by atoms with Crippen molar-refractivity contribution in [2.45, 2.75) is 32.6 Å². The summed E-state index contributed by atoms with van der Waals surface area (Å²) >= 11 is 6.00. The third-order valence-electron chi connectivity index (χ3n) is 5.26. The van der Waals surface area contributed by atoms with Gasteiger partial charge in [0.05, 0.1) is 12.3 Å². The standard InChI is InChI=1S/C23H22ClN5O/c1-2-30-18-12-10-17(11-13-18)25-22-19-4-3-5-20(19)26-23-27-21(28-29(22)23)14-15-6-8-16(24)9-7-15/h6-13,25H,2-5,14H2,1H3. The number of aromatic nitrogens is 4. The van der Waals surface area contributed by atoms with E-state index in [9.17, 15) is 0 Å². The summed E-state index contributed by atoms with van der Waals surface area (Å²) in [6, 6.07) is 15.8. The van der Waals surface area contributed by atoms with E-state index in [1.54, 1.807) is 0 Å². The molecule has 4 aromatic rings. The summed E-state index contributed by atoms with van der Waals surface area (Å²) in [6.45, 7) is 2.64. The molecule has 0 bridgehead atoms. The Morgan fingerprint density at radius 1 is 1.03 bits per heavy atom. The van der Waals surface area contributed by atoms with Crippen LogP contribution >= 0.6 is 11.6 Å². The number of hydrogen-bond acceptors (Lipinski definition) is 5. The molecule has 0 unspecified atom stereocenters. The van der Waals surface area contributed by atoms with Gasteiger partial charge in [-0.15, -0.1) is 5.10 Å². The number of benzene rings is 2. The average molecular weight is 420 g/mol. The first-order valence-corrected chi connectivity index (χ1v) is 10.6. The molecule has 0 saturated heterocycles. The Hall–Kier alpha value is -3.12. The molecule has 2 aromatic heterocycles. The van der Waals surface area contributed by atoms with Crippen LogP contribution in [0.5, 0.6) is 5.75 Å². The van der Waals surface area contributed by atoms with Crippen molar-refractivity contribution in [3.05, 3.63) is 76.2 Å². The number of rotatable bonds is 6. The summed E-state index contributed by atoms with van der Waals surface area (Å²) in [5.41, 5.74) is 4.43. The maximum Gasteiger partial charge on any atom is 0.254 e. The van der Waals surface area contributed by atoms with Crippen LogP contribution in [0.1, 0.15) is 36.0 Å². The van der Waals surface area contributed by atoms with Gasteiger partial charge in [0.25, 0.3) is 5.78 Å². The Kier molecular flexibility index (Phi) is 5.01. The van der Waals surface area contributed by atoms with E-state index in [4.69, 9.17) is 31.4 Å². The summed E-state index contributed by atoms with van der Waals surface area (Å²) in [5, 5.41) is 9.05. The minimum Gasteiger partial charge on any atom is -0.494 e. The molecule has 1 N–H and O–H groups in total. The number of hydrogen-bond donors (Lipinski definition) is 1. The summed E-state index contributed by atoms with van der Waals surface area (Å²) in [6.07, 6.45) is 3.70. The molecule has 0 spiro atoms. The zero-order valence-corrected chi connectivity index (χ0v) is 17.5. The fourth-order valence-electron chi connectivity index (χ4n) is 3.85. The SMILES string of the molecule is CCOc1ccc(Nc2c3c(nc4nc(Cc5ccc(Cl)cc5)nn24)CCC3)cc1. The third-order valence-corrected chi connectivity index (χ3v) is 5.51. The summed E-state index contributed by atoms with van der Waals surface area (Å²) in [5.74, 6) is 3.18. The first-order chi connectivity index (χ1) is 14.7. The number of ether oxygens (including phenoxy) is 1. The molecule has 152 valence electrons. The molecule has 0 radical (unpaired) electrons. The molecule has 5 rings (SSSR count). The van der Waals surface area contributed by atoms with E-state index in [2.05, 4.69) is 5.32 Å². The zero-order chi connectivity index (χ0) is 20.5. The first kappa shape index (κ1) is 18.9. The monoisotopic (exact) mass is 419 g/mol. The molecule has 2 aromatic carbocycles.